The van der Waals surface area contributed by atoms with E-state index in [4.69, 9.17) is 9.47 Å². The lowest BCUT2D eigenvalue weighted by Gasteiger charge is -2.30. The standard InChI is InChI=1S/C20H20N2O4S/c1-22(27(23,24)14-7-9-19-20(11-14)26-12-25-19)13-6-8-18-16(10-13)15-4-2-3-5-17(15)21-18/h2-5,7,9,11,13,21H,6,8,10,12H2,1H3. The maximum absolute atomic E-state index is 13.2. The SMILES string of the molecule is CN(C1CCc2[nH]c3ccccc3c2C1)S(=O)(=O)c1ccc2c(c1)OCO2. The Labute approximate surface area is 157 Å². The van der Waals surface area contributed by atoms with Gasteiger partial charge in [-0.2, -0.15) is 4.31 Å². The third kappa shape index (κ3) is 2.61. The molecule has 1 N–H and O–H groups in total. The van der Waals surface area contributed by atoms with Crippen molar-refractivity contribution in [2.75, 3.05) is 13.8 Å². The van der Waals surface area contributed by atoms with Crippen LogP contribution in [0.1, 0.15) is 17.7 Å². The molecule has 27 heavy (non-hydrogen) atoms. The lowest BCUT2D eigenvalue weighted by atomic mass is 9.91. The quantitative estimate of drug-likeness (QED) is 0.753. The Kier molecular flexibility index (Phi) is 3.70. The lowest BCUT2D eigenvalue weighted by molar-refractivity contribution is 0.174. The predicted octanol–water partition coefficient (Wildman–Crippen LogP) is 3.07. The molecule has 0 saturated heterocycles. The van der Waals surface area contributed by atoms with Crippen molar-refractivity contribution in [2.24, 2.45) is 0 Å². The van der Waals surface area contributed by atoms with Gasteiger partial charge < -0.3 is 14.5 Å². The van der Waals surface area contributed by atoms with Crippen molar-refractivity contribution in [3.8, 4) is 11.5 Å². The normalized spacial score (nSPS) is 18.8. The van der Waals surface area contributed by atoms with Crippen LogP contribution in [0.2, 0.25) is 0 Å². The number of hydrogen-bond donors (Lipinski definition) is 1. The summed E-state index contributed by atoms with van der Waals surface area (Å²) in [6, 6.07) is 12.9. The summed E-state index contributed by atoms with van der Waals surface area (Å²) in [4.78, 5) is 3.71. The van der Waals surface area contributed by atoms with E-state index in [1.54, 1.807) is 25.2 Å². The van der Waals surface area contributed by atoms with Gasteiger partial charge in [-0.1, -0.05) is 18.2 Å². The second-order valence-corrected chi connectivity index (χ2v) is 9.06. The molecule has 0 spiro atoms. The number of H-pyrrole nitrogens is 1. The van der Waals surface area contributed by atoms with E-state index in [1.807, 2.05) is 12.1 Å². The van der Waals surface area contributed by atoms with Gasteiger partial charge in [-0.05, 0) is 43.0 Å². The first-order valence-corrected chi connectivity index (χ1v) is 10.4. The molecule has 2 aliphatic rings. The zero-order chi connectivity index (χ0) is 18.6. The number of rotatable bonds is 3. The number of hydrogen-bond acceptors (Lipinski definition) is 4. The summed E-state index contributed by atoms with van der Waals surface area (Å²) in [5, 5.41) is 1.19. The molecule has 0 bridgehead atoms. The molecule has 1 atom stereocenters. The zero-order valence-electron chi connectivity index (χ0n) is 14.9. The maximum Gasteiger partial charge on any atom is 0.243 e. The van der Waals surface area contributed by atoms with Gasteiger partial charge in [0.1, 0.15) is 0 Å². The molecule has 0 amide bonds. The first kappa shape index (κ1) is 16.6. The summed E-state index contributed by atoms with van der Waals surface area (Å²) in [5.41, 5.74) is 3.57. The first-order valence-electron chi connectivity index (χ1n) is 9.00. The minimum Gasteiger partial charge on any atom is -0.454 e. The van der Waals surface area contributed by atoms with Crippen LogP contribution in [0.15, 0.2) is 47.4 Å². The van der Waals surface area contributed by atoms with Gasteiger partial charge in [0, 0.05) is 35.8 Å². The summed E-state index contributed by atoms with van der Waals surface area (Å²) in [6.45, 7) is 0.126. The van der Waals surface area contributed by atoms with Crippen molar-refractivity contribution in [3.05, 3.63) is 53.7 Å². The van der Waals surface area contributed by atoms with Crippen molar-refractivity contribution >= 4 is 20.9 Å². The van der Waals surface area contributed by atoms with E-state index in [9.17, 15) is 8.42 Å². The fourth-order valence-electron chi connectivity index (χ4n) is 4.06. The number of aryl methyl sites for hydroxylation is 1. The maximum atomic E-state index is 13.2. The highest BCUT2D eigenvalue weighted by atomic mass is 32.2. The van der Waals surface area contributed by atoms with E-state index in [-0.39, 0.29) is 17.7 Å². The van der Waals surface area contributed by atoms with Crippen LogP contribution in [0.5, 0.6) is 11.5 Å². The molecule has 5 rings (SSSR count). The topological polar surface area (TPSA) is 71.6 Å². The molecule has 2 heterocycles. The van der Waals surface area contributed by atoms with Crippen molar-refractivity contribution in [1.29, 1.82) is 0 Å². The second-order valence-electron chi connectivity index (χ2n) is 7.06. The van der Waals surface area contributed by atoms with Gasteiger partial charge in [0.25, 0.3) is 0 Å². The van der Waals surface area contributed by atoms with Gasteiger partial charge in [-0.3, -0.25) is 0 Å². The minimum absolute atomic E-state index is 0.0767. The van der Waals surface area contributed by atoms with Crippen LogP contribution in [-0.2, 0) is 22.9 Å². The highest BCUT2D eigenvalue weighted by Gasteiger charge is 2.33. The number of likely N-dealkylation sites (N-methyl/N-ethyl adjacent to an activating group) is 1. The van der Waals surface area contributed by atoms with E-state index in [2.05, 4.69) is 17.1 Å². The zero-order valence-corrected chi connectivity index (χ0v) is 15.8. The number of nitrogens with zero attached hydrogens (tertiary/aromatic N) is 1. The fourth-order valence-corrected chi connectivity index (χ4v) is 5.46. The lowest BCUT2D eigenvalue weighted by Crippen LogP contribution is -2.40. The van der Waals surface area contributed by atoms with Crippen LogP contribution in [0.25, 0.3) is 10.9 Å². The third-order valence-corrected chi connectivity index (χ3v) is 7.51. The number of ether oxygens (including phenoxy) is 2. The number of aromatic nitrogens is 1. The van der Waals surface area contributed by atoms with Crippen LogP contribution in [0.3, 0.4) is 0 Å². The van der Waals surface area contributed by atoms with Crippen LogP contribution < -0.4 is 9.47 Å². The number of fused-ring (bicyclic) bond motifs is 4. The Morgan fingerprint density at radius 1 is 1.11 bits per heavy atom. The number of nitrogens with one attached hydrogen (secondary N) is 1. The summed E-state index contributed by atoms with van der Waals surface area (Å²) in [7, 11) is -1.94. The van der Waals surface area contributed by atoms with E-state index >= 15 is 0 Å². The van der Waals surface area contributed by atoms with Crippen molar-refractivity contribution in [3.63, 3.8) is 0 Å². The van der Waals surface area contributed by atoms with Crippen LogP contribution in [0.4, 0.5) is 0 Å². The number of para-hydroxylation sites is 1. The molecule has 6 nitrogen and oxygen atoms in total. The Bertz CT molecular complexity index is 1140. The third-order valence-electron chi connectivity index (χ3n) is 5.60. The number of sulfonamides is 1. The Balaban J connectivity index is 1.46. The largest absolute Gasteiger partial charge is 0.454 e. The van der Waals surface area contributed by atoms with Gasteiger partial charge in [-0.15, -0.1) is 0 Å². The molecule has 0 fully saturated rings. The molecule has 7 heteroatoms. The van der Waals surface area contributed by atoms with Crippen molar-refractivity contribution < 1.29 is 17.9 Å². The minimum atomic E-state index is -3.61. The number of benzene rings is 2. The summed E-state index contributed by atoms with van der Waals surface area (Å²) in [6.07, 6.45) is 2.34. The molecule has 0 radical (unpaired) electrons. The highest BCUT2D eigenvalue weighted by Crippen LogP contribution is 2.36. The predicted molar refractivity (Wildman–Crippen MR) is 102 cm³/mol. The Hall–Kier alpha value is -2.51. The van der Waals surface area contributed by atoms with Gasteiger partial charge >= 0.3 is 0 Å². The van der Waals surface area contributed by atoms with Gasteiger partial charge in [0.15, 0.2) is 11.5 Å². The average Bonchev–Trinajstić information content (AvgIpc) is 3.30. The van der Waals surface area contributed by atoms with E-state index in [1.165, 1.54) is 20.9 Å². The molecule has 1 aliphatic heterocycles. The van der Waals surface area contributed by atoms with E-state index in [0.29, 0.717) is 17.9 Å². The van der Waals surface area contributed by atoms with E-state index in [0.717, 1.165) is 18.4 Å². The molecule has 1 aliphatic carbocycles. The van der Waals surface area contributed by atoms with Crippen LogP contribution in [0, 0.1) is 0 Å². The average molecular weight is 384 g/mol. The molecule has 2 aromatic carbocycles. The van der Waals surface area contributed by atoms with Crippen LogP contribution >= 0.6 is 0 Å². The summed E-state index contributed by atoms with van der Waals surface area (Å²) >= 11 is 0. The summed E-state index contributed by atoms with van der Waals surface area (Å²) in [5.74, 6) is 1.06. The van der Waals surface area contributed by atoms with Crippen molar-refractivity contribution in [1.82, 2.24) is 9.29 Å². The van der Waals surface area contributed by atoms with E-state index < -0.39 is 10.0 Å². The molecular weight excluding hydrogens is 364 g/mol. The Morgan fingerprint density at radius 2 is 1.93 bits per heavy atom. The van der Waals surface area contributed by atoms with Gasteiger partial charge in [-0.25, -0.2) is 8.42 Å². The highest BCUT2D eigenvalue weighted by molar-refractivity contribution is 7.89. The molecule has 140 valence electrons. The number of aromatic amines is 1. The van der Waals surface area contributed by atoms with Gasteiger partial charge in [0.2, 0.25) is 16.8 Å². The smallest absolute Gasteiger partial charge is 0.243 e. The molecule has 1 unspecified atom stereocenters. The van der Waals surface area contributed by atoms with Crippen LogP contribution in [-0.4, -0.2) is 37.6 Å². The monoisotopic (exact) mass is 384 g/mol. The molecule has 3 aromatic rings. The molecular formula is C20H20N2O4S. The molecule has 0 saturated carbocycles. The van der Waals surface area contributed by atoms with Gasteiger partial charge in [0.05, 0.1) is 4.90 Å². The summed E-state index contributed by atoms with van der Waals surface area (Å²) < 4.78 is 38.5. The Morgan fingerprint density at radius 3 is 2.81 bits per heavy atom. The second kappa shape index (κ2) is 6.00. The van der Waals surface area contributed by atoms with Crippen molar-refractivity contribution in [2.45, 2.75) is 30.2 Å². The first-order chi connectivity index (χ1) is 13.0. The molecule has 1 aromatic heterocycles. The fraction of sp³-hybridized carbons (Fsp3) is 0.300.